The maximum atomic E-state index is 13.5. The summed E-state index contributed by atoms with van der Waals surface area (Å²) < 4.78 is 19.0. The van der Waals surface area contributed by atoms with E-state index >= 15 is 0 Å². The Balaban J connectivity index is 0.00000145. The number of nitrogens with zero attached hydrogens (tertiary/aromatic N) is 3. The molecule has 0 unspecified atom stereocenters. The molecule has 0 saturated carbocycles. The first kappa shape index (κ1) is 22.2. The molecule has 150 valence electrons. The quantitative estimate of drug-likeness (QED) is 0.472. The van der Waals surface area contributed by atoms with Gasteiger partial charge in [-0.25, -0.2) is 14.4 Å². The molecule has 0 fully saturated rings. The number of aliphatic imine (C=N–C) groups is 2. The number of benzene rings is 2. The molecule has 0 aliphatic heterocycles. The van der Waals surface area contributed by atoms with Crippen molar-refractivity contribution in [2.75, 3.05) is 14.2 Å². The average molecular weight is 413 g/mol. The topological polar surface area (TPSA) is 72.9 Å². The molecule has 3 rings (SSSR count). The molecule has 0 amide bonds. The van der Waals surface area contributed by atoms with Gasteiger partial charge >= 0.3 is 0 Å². The highest BCUT2D eigenvalue weighted by Gasteiger charge is 2.13. The number of aryl methyl sites for hydroxylation is 1. The molecule has 0 bridgehead atoms. The van der Waals surface area contributed by atoms with Gasteiger partial charge in [0.05, 0.1) is 12.1 Å². The van der Waals surface area contributed by atoms with Gasteiger partial charge in [-0.2, -0.15) is 0 Å². The third-order valence-electron chi connectivity index (χ3n) is 4.03. The highest BCUT2D eigenvalue weighted by molar-refractivity contribution is 6.31. The van der Waals surface area contributed by atoms with Crippen molar-refractivity contribution in [3.8, 4) is 16.9 Å². The molecule has 7 heteroatoms. The summed E-state index contributed by atoms with van der Waals surface area (Å²) in [5.74, 6) is 0.557. The minimum absolute atomic E-state index is 0.0703. The molecular formula is C22H22ClFN4O. The standard InChI is InChI=1S/C21H17ClFN3O.CH5N/c1-13-9-16(14-6-7-18(23)17(22)10-14)11-19(27-3)20(13)26-21(24-2)15-5-4-8-25-12-15;1-2/h4-12H,2H2,1,3H3;2H2,1H3. The molecule has 1 heterocycles. The number of hydrogen-bond donors (Lipinski definition) is 1. The van der Waals surface area contributed by atoms with E-state index in [1.807, 2.05) is 31.2 Å². The molecule has 0 saturated heterocycles. The van der Waals surface area contributed by atoms with Gasteiger partial charge in [0.15, 0.2) is 5.84 Å². The summed E-state index contributed by atoms with van der Waals surface area (Å²) in [7, 11) is 3.07. The van der Waals surface area contributed by atoms with E-state index in [0.29, 0.717) is 17.3 Å². The van der Waals surface area contributed by atoms with Crippen LogP contribution in [0.3, 0.4) is 0 Å². The van der Waals surface area contributed by atoms with Gasteiger partial charge in [-0.1, -0.05) is 17.7 Å². The van der Waals surface area contributed by atoms with Crippen LogP contribution in [0.25, 0.3) is 11.1 Å². The van der Waals surface area contributed by atoms with Crippen LogP contribution in [-0.4, -0.2) is 31.7 Å². The summed E-state index contributed by atoms with van der Waals surface area (Å²) in [4.78, 5) is 12.7. The van der Waals surface area contributed by atoms with Crippen LogP contribution in [-0.2, 0) is 0 Å². The van der Waals surface area contributed by atoms with Gasteiger partial charge in [-0.15, -0.1) is 0 Å². The second kappa shape index (κ2) is 10.5. The lowest BCUT2D eigenvalue weighted by Gasteiger charge is -2.12. The summed E-state index contributed by atoms with van der Waals surface area (Å²) in [6.07, 6.45) is 3.35. The number of hydrogen-bond acceptors (Lipinski definition) is 4. The van der Waals surface area contributed by atoms with Gasteiger partial charge in [0.25, 0.3) is 0 Å². The SMILES string of the molecule is C=NC(=Nc1c(C)cc(-c2ccc(F)c(Cl)c2)cc1OC)c1cccnc1.CN. The number of amidine groups is 1. The molecule has 0 aliphatic rings. The van der Waals surface area contributed by atoms with E-state index in [4.69, 9.17) is 16.3 Å². The maximum Gasteiger partial charge on any atom is 0.160 e. The summed E-state index contributed by atoms with van der Waals surface area (Å²) in [6, 6.07) is 12.0. The second-order valence-electron chi connectivity index (χ2n) is 5.81. The number of methoxy groups -OCH3 is 1. The van der Waals surface area contributed by atoms with Crippen molar-refractivity contribution in [3.63, 3.8) is 0 Å². The van der Waals surface area contributed by atoms with Crippen molar-refractivity contribution < 1.29 is 9.13 Å². The predicted molar refractivity (Wildman–Crippen MR) is 118 cm³/mol. The fourth-order valence-electron chi connectivity index (χ4n) is 2.68. The zero-order chi connectivity index (χ0) is 21.4. The molecule has 0 spiro atoms. The number of halogens is 2. The van der Waals surface area contributed by atoms with Gasteiger partial charge in [0.1, 0.15) is 17.3 Å². The molecule has 29 heavy (non-hydrogen) atoms. The largest absolute Gasteiger partial charge is 0.494 e. The van der Waals surface area contributed by atoms with E-state index in [1.165, 1.54) is 13.1 Å². The Kier molecular flexibility index (Phi) is 8.00. The molecule has 0 radical (unpaired) electrons. The first-order chi connectivity index (χ1) is 14.0. The van der Waals surface area contributed by atoms with Crippen molar-refractivity contribution in [2.24, 2.45) is 15.7 Å². The predicted octanol–water partition coefficient (Wildman–Crippen LogP) is 5.21. The Bertz CT molecular complexity index is 1020. The van der Waals surface area contributed by atoms with Gasteiger partial charge in [0.2, 0.25) is 0 Å². The van der Waals surface area contributed by atoms with E-state index in [9.17, 15) is 4.39 Å². The first-order valence-electron chi connectivity index (χ1n) is 8.71. The van der Waals surface area contributed by atoms with Crippen LogP contribution in [0.15, 0.2) is 64.8 Å². The Morgan fingerprint density at radius 1 is 1.17 bits per heavy atom. The normalized spacial score (nSPS) is 10.8. The van der Waals surface area contributed by atoms with Gasteiger partial charge < -0.3 is 10.5 Å². The minimum Gasteiger partial charge on any atom is -0.494 e. The van der Waals surface area contributed by atoms with E-state index in [-0.39, 0.29) is 5.02 Å². The lowest BCUT2D eigenvalue weighted by Crippen LogP contribution is -1.98. The Morgan fingerprint density at radius 2 is 1.93 bits per heavy atom. The minimum atomic E-state index is -0.455. The monoisotopic (exact) mass is 412 g/mol. The second-order valence-corrected chi connectivity index (χ2v) is 6.22. The first-order valence-corrected chi connectivity index (χ1v) is 9.09. The number of ether oxygens (including phenoxy) is 1. The summed E-state index contributed by atoms with van der Waals surface area (Å²) in [5, 5.41) is 0.0703. The zero-order valence-corrected chi connectivity index (χ0v) is 17.2. The van der Waals surface area contributed by atoms with E-state index in [0.717, 1.165) is 22.3 Å². The molecule has 0 atom stereocenters. The van der Waals surface area contributed by atoms with Crippen molar-refractivity contribution in [2.45, 2.75) is 6.92 Å². The lowest BCUT2D eigenvalue weighted by atomic mass is 10.0. The third-order valence-corrected chi connectivity index (χ3v) is 4.32. The third kappa shape index (κ3) is 5.25. The van der Waals surface area contributed by atoms with Crippen molar-refractivity contribution >= 4 is 29.8 Å². The molecule has 2 aromatic carbocycles. The van der Waals surface area contributed by atoms with Crippen LogP contribution in [0.1, 0.15) is 11.1 Å². The zero-order valence-electron chi connectivity index (χ0n) is 16.5. The summed E-state index contributed by atoms with van der Waals surface area (Å²) >= 11 is 5.91. The van der Waals surface area contributed by atoms with Crippen LogP contribution in [0.5, 0.6) is 5.75 Å². The maximum absolute atomic E-state index is 13.5. The Hall–Kier alpha value is -3.09. The average Bonchev–Trinajstić information content (AvgIpc) is 2.76. The highest BCUT2D eigenvalue weighted by Crippen LogP contribution is 2.37. The van der Waals surface area contributed by atoms with E-state index < -0.39 is 5.82 Å². The lowest BCUT2D eigenvalue weighted by molar-refractivity contribution is 0.416. The van der Waals surface area contributed by atoms with Crippen LogP contribution >= 0.6 is 11.6 Å². The number of pyridine rings is 1. The summed E-state index contributed by atoms with van der Waals surface area (Å²) in [6.45, 7) is 5.52. The van der Waals surface area contributed by atoms with Crippen molar-refractivity contribution in [3.05, 3.63) is 76.8 Å². The smallest absolute Gasteiger partial charge is 0.160 e. The van der Waals surface area contributed by atoms with Crippen molar-refractivity contribution in [1.29, 1.82) is 0 Å². The van der Waals surface area contributed by atoms with Crippen LogP contribution in [0, 0.1) is 12.7 Å². The number of nitrogens with two attached hydrogens (primary N) is 1. The Morgan fingerprint density at radius 3 is 2.52 bits per heavy atom. The molecule has 0 aliphatic carbocycles. The van der Waals surface area contributed by atoms with Gasteiger partial charge in [-0.3, -0.25) is 4.98 Å². The Labute approximate surface area is 174 Å². The molecule has 1 aromatic heterocycles. The molecular weight excluding hydrogens is 391 g/mol. The molecule has 3 aromatic rings. The number of rotatable bonds is 4. The van der Waals surface area contributed by atoms with Gasteiger partial charge in [0, 0.05) is 18.0 Å². The fraction of sp³-hybridized carbons (Fsp3) is 0.136. The van der Waals surface area contributed by atoms with Crippen LogP contribution in [0.2, 0.25) is 5.02 Å². The number of aromatic nitrogens is 1. The molecule has 5 nitrogen and oxygen atoms in total. The van der Waals surface area contributed by atoms with Gasteiger partial charge in [-0.05, 0) is 73.8 Å². The van der Waals surface area contributed by atoms with Crippen molar-refractivity contribution in [1.82, 2.24) is 4.98 Å². The molecule has 2 N–H and O–H groups in total. The highest BCUT2D eigenvalue weighted by atomic mass is 35.5. The van der Waals surface area contributed by atoms with Crippen LogP contribution < -0.4 is 10.5 Å². The van der Waals surface area contributed by atoms with E-state index in [1.54, 1.807) is 31.6 Å². The fourth-order valence-corrected chi connectivity index (χ4v) is 2.86. The summed E-state index contributed by atoms with van der Waals surface area (Å²) in [5.41, 5.74) is 8.39. The van der Waals surface area contributed by atoms with Crippen LogP contribution in [0.4, 0.5) is 10.1 Å². The van der Waals surface area contributed by atoms with E-state index in [2.05, 4.69) is 27.4 Å².